The SMILES string of the molecule is CCCCCC[P+](CCCC)(CCCC)CCCC.F[B-](F)(F)F. The van der Waals surface area contributed by atoms with Crippen molar-refractivity contribution < 1.29 is 17.3 Å². The van der Waals surface area contributed by atoms with Gasteiger partial charge in [0.05, 0.1) is 24.6 Å². The van der Waals surface area contributed by atoms with Gasteiger partial charge in [-0.25, -0.2) is 0 Å². The highest BCUT2D eigenvalue weighted by Crippen LogP contribution is 2.61. The molecule has 0 bridgehead atoms. The molecule has 0 fully saturated rings. The molecule has 6 heteroatoms. The predicted octanol–water partition coefficient (Wildman–Crippen LogP) is 8.28. The molecular formula is C18H40BF4P. The maximum Gasteiger partial charge on any atom is 0.673 e. The molecular weight excluding hydrogens is 334 g/mol. The topological polar surface area (TPSA) is 0 Å². The molecule has 0 aliphatic heterocycles. The molecule has 0 radical (unpaired) electrons. The fourth-order valence-corrected chi connectivity index (χ4v) is 8.22. The Morgan fingerprint density at radius 1 is 0.500 bits per heavy atom. The van der Waals surface area contributed by atoms with E-state index in [1.54, 1.807) is 24.6 Å². The molecule has 0 atom stereocenters. The molecule has 0 heterocycles. The van der Waals surface area contributed by atoms with Crippen LogP contribution in [0.3, 0.4) is 0 Å². The molecule has 0 saturated heterocycles. The van der Waals surface area contributed by atoms with Gasteiger partial charge < -0.3 is 17.3 Å². The smallest absolute Gasteiger partial charge is 0.418 e. The van der Waals surface area contributed by atoms with Gasteiger partial charge in [0, 0.05) is 7.26 Å². The molecule has 0 saturated carbocycles. The van der Waals surface area contributed by atoms with Gasteiger partial charge in [0.25, 0.3) is 0 Å². The Labute approximate surface area is 149 Å². The molecule has 24 heavy (non-hydrogen) atoms. The van der Waals surface area contributed by atoms with Crippen LogP contribution in [-0.2, 0) is 0 Å². The average Bonchev–Trinajstić information content (AvgIpc) is 2.51. The highest BCUT2D eigenvalue weighted by atomic mass is 31.2. The summed E-state index contributed by atoms with van der Waals surface area (Å²) >= 11 is 0. The van der Waals surface area contributed by atoms with E-state index in [1.165, 1.54) is 64.2 Å². The van der Waals surface area contributed by atoms with Crippen LogP contribution in [0.2, 0.25) is 0 Å². The van der Waals surface area contributed by atoms with Crippen molar-refractivity contribution >= 4 is 14.5 Å². The first kappa shape index (κ1) is 26.4. The van der Waals surface area contributed by atoms with E-state index in [0.717, 1.165) is 0 Å². The second-order valence-corrected chi connectivity index (χ2v) is 11.3. The highest BCUT2D eigenvalue weighted by Gasteiger charge is 2.34. The monoisotopic (exact) mass is 374 g/mol. The first-order valence-corrected chi connectivity index (χ1v) is 12.5. The summed E-state index contributed by atoms with van der Waals surface area (Å²) in [6.07, 6.45) is 21.0. The van der Waals surface area contributed by atoms with Gasteiger partial charge in [-0.1, -0.05) is 59.8 Å². The Morgan fingerprint density at radius 2 is 0.792 bits per heavy atom. The molecule has 0 amide bonds. The van der Waals surface area contributed by atoms with E-state index in [1.807, 2.05) is 0 Å². The minimum Gasteiger partial charge on any atom is -0.418 e. The van der Waals surface area contributed by atoms with Crippen molar-refractivity contribution in [1.29, 1.82) is 0 Å². The number of unbranched alkanes of at least 4 members (excludes halogenated alkanes) is 6. The van der Waals surface area contributed by atoms with E-state index in [2.05, 4.69) is 27.7 Å². The summed E-state index contributed by atoms with van der Waals surface area (Å²) in [5.41, 5.74) is 0. The van der Waals surface area contributed by atoms with Gasteiger partial charge in [-0.3, -0.25) is 0 Å². The van der Waals surface area contributed by atoms with Crippen molar-refractivity contribution in [1.82, 2.24) is 0 Å². The van der Waals surface area contributed by atoms with E-state index in [9.17, 15) is 17.3 Å². The normalized spacial score (nSPS) is 12.0. The quantitative estimate of drug-likeness (QED) is 0.124. The second-order valence-electron chi connectivity index (χ2n) is 6.85. The van der Waals surface area contributed by atoms with Crippen LogP contribution in [0, 0.1) is 0 Å². The fraction of sp³-hybridized carbons (Fsp3) is 1.00. The summed E-state index contributed by atoms with van der Waals surface area (Å²) in [6.45, 7) is 9.43. The van der Waals surface area contributed by atoms with Crippen LogP contribution in [0.5, 0.6) is 0 Å². The molecule has 0 aliphatic carbocycles. The van der Waals surface area contributed by atoms with Crippen molar-refractivity contribution in [3.05, 3.63) is 0 Å². The number of hydrogen-bond acceptors (Lipinski definition) is 0. The lowest BCUT2D eigenvalue weighted by atomic mass is 10.2. The summed E-state index contributed by atoms with van der Waals surface area (Å²) in [7, 11) is -6.59. The molecule has 0 aromatic heterocycles. The molecule has 0 spiro atoms. The Morgan fingerprint density at radius 3 is 1.08 bits per heavy atom. The lowest BCUT2D eigenvalue weighted by Gasteiger charge is -2.28. The van der Waals surface area contributed by atoms with E-state index >= 15 is 0 Å². The van der Waals surface area contributed by atoms with Crippen LogP contribution < -0.4 is 0 Å². The summed E-state index contributed by atoms with van der Waals surface area (Å²) in [5, 5.41) is 0. The van der Waals surface area contributed by atoms with Crippen molar-refractivity contribution in [2.45, 2.75) is 91.9 Å². The lowest BCUT2D eigenvalue weighted by Crippen LogP contribution is -2.12. The molecule has 0 unspecified atom stereocenters. The summed E-state index contributed by atoms with van der Waals surface area (Å²) in [5.74, 6) is 0. The fourth-order valence-electron chi connectivity index (χ4n) is 3.03. The van der Waals surface area contributed by atoms with Crippen molar-refractivity contribution in [3.63, 3.8) is 0 Å². The molecule has 0 aliphatic rings. The zero-order chi connectivity index (χ0) is 18.9. The number of rotatable bonds is 14. The average molecular weight is 374 g/mol. The van der Waals surface area contributed by atoms with Gasteiger partial charge in [0.15, 0.2) is 0 Å². The zero-order valence-electron chi connectivity index (χ0n) is 16.4. The van der Waals surface area contributed by atoms with Crippen molar-refractivity contribution in [3.8, 4) is 0 Å². The molecule has 0 aromatic rings. The van der Waals surface area contributed by atoms with Gasteiger partial charge in [-0.15, -0.1) is 0 Å². The first-order valence-electron chi connectivity index (χ1n) is 9.97. The van der Waals surface area contributed by atoms with E-state index in [-0.39, 0.29) is 0 Å². The third-order valence-corrected chi connectivity index (χ3v) is 9.50. The molecule has 0 N–H and O–H groups in total. The third kappa shape index (κ3) is 20.3. The third-order valence-electron chi connectivity index (χ3n) is 4.44. The molecule has 0 nitrogen and oxygen atoms in total. The first-order chi connectivity index (χ1) is 11.2. The minimum absolute atomic E-state index is 0.586. The van der Waals surface area contributed by atoms with Gasteiger partial charge in [0.2, 0.25) is 0 Å². The van der Waals surface area contributed by atoms with Crippen LogP contribution >= 0.6 is 7.26 Å². The van der Waals surface area contributed by atoms with Crippen LogP contribution in [-0.4, -0.2) is 31.9 Å². The Kier molecular flexibility index (Phi) is 18.4. The Balaban J connectivity index is 0. The van der Waals surface area contributed by atoms with Crippen LogP contribution in [0.1, 0.15) is 91.9 Å². The maximum absolute atomic E-state index is 9.75. The van der Waals surface area contributed by atoms with Gasteiger partial charge in [-0.05, 0) is 32.1 Å². The Hall–Kier alpha value is 0.215. The molecule has 148 valence electrons. The predicted molar refractivity (Wildman–Crippen MR) is 105 cm³/mol. The van der Waals surface area contributed by atoms with Crippen LogP contribution in [0.4, 0.5) is 17.3 Å². The lowest BCUT2D eigenvalue weighted by molar-refractivity contribution is 0.368. The van der Waals surface area contributed by atoms with E-state index in [4.69, 9.17) is 0 Å². The largest absolute Gasteiger partial charge is 0.673 e. The van der Waals surface area contributed by atoms with Crippen LogP contribution in [0.15, 0.2) is 0 Å². The second kappa shape index (κ2) is 16.7. The van der Waals surface area contributed by atoms with Gasteiger partial charge in [-0.2, -0.15) is 0 Å². The number of hydrogen-bond donors (Lipinski definition) is 0. The zero-order valence-corrected chi connectivity index (χ0v) is 17.3. The van der Waals surface area contributed by atoms with E-state index in [0.29, 0.717) is 0 Å². The summed E-state index contributed by atoms with van der Waals surface area (Å²) < 4.78 is 39.0. The summed E-state index contributed by atoms with van der Waals surface area (Å²) in [6, 6.07) is 0. The minimum atomic E-state index is -6.00. The summed E-state index contributed by atoms with van der Waals surface area (Å²) in [4.78, 5) is 0. The van der Waals surface area contributed by atoms with Gasteiger partial charge >= 0.3 is 7.25 Å². The molecule has 0 aromatic carbocycles. The van der Waals surface area contributed by atoms with E-state index < -0.39 is 14.5 Å². The highest BCUT2D eigenvalue weighted by molar-refractivity contribution is 7.75. The standard InChI is InChI=1S/C18H40P.BF4/c1-5-9-13-14-18-19(15-10-6-2,16-11-7-3)17-12-8-4;2-1(3,4)5/h5-18H2,1-4H3;/q+1;-1. The van der Waals surface area contributed by atoms with Crippen molar-refractivity contribution in [2.24, 2.45) is 0 Å². The van der Waals surface area contributed by atoms with Gasteiger partial charge in [0.1, 0.15) is 0 Å². The van der Waals surface area contributed by atoms with Crippen molar-refractivity contribution in [2.75, 3.05) is 24.6 Å². The Bertz CT molecular complexity index is 232. The molecule has 0 rings (SSSR count). The maximum atomic E-state index is 9.75. The van der Waals surface area contributed by atoms with Crippen LogP contribution in [0.25, 0.3) is 0 Å². The number of halogens is 4.